The first-order chi connectivity index (χ1) is 10.7. The summed E-state index contributed by atoms with van der Waals surface area (Å²) < 4.78 is 0. The number of benzene rings is 1. The third kappa shape index (κ3) is 6.28. The molecule has 0 bridgehead atoms. The molecule has 0 radical (unpaired) electrons. The fourth-order valence-corrected chi connectivity index (χ4v) is 2.31. The van der Waals surface area contributed by atoms with Gasteiger partial charge in [-0.3, -0.25) is 14.4 Å². The Labute approximate surface area is 140 Å². The van der Waals surface area contributed by atoms with Crippen molar-refractivity contribution in [3.63, 3.8) is 0 Å². The van der Waals surface area contributed by atoms with Gasteiger partial charge >= 0.3 is 5.97 Å². The van der Waals surface area contributed by atoms with Crippen LogP contribution in [0, 0.1) is 0 Å². The van der Waals surface area contributed by atoms with Gasteiger partial charge in [0, 0.05) is 18.0 Å². The van der Waals surface area contributed by atoms with Crippen molar-refractivity contribution in [2.45, 2.75) is 39.3 Å². The van der Waals surface area contributed by atoms with Gasteiger partial charge in [-0.15, -0.1) is 0 Å². The van der Waals surface area contributed by atoms with Crippen molar-refractivity contribution in [1.82, 2.24) is 10.2 Å². The number of hydrogen-bond acceptors (Lipinski definition) is 3. The molecule has 7 heteroatoms. The molecule has 2 N–H and O–H groups in total. The summed E-state index contributed by atoms with van der Waals surface area (Å²) in [7, 11) is 0. The van der Waals surface area contributed by atoms with Crippen LogP contribution < -0.4 is 5.32 Å². The Morgan fingerprint density at radius 2 is 1.78 bits per heavy atom. The van der Waals surface area contributed by atoms with Crippen LogP contribution in [0.1, 0.15) is 38.8 Å². The van der Waals surface area contributed by atoms with Crippen molar-refractivity contribution in [3.05, 3.63) is 34.9 Å². The van der Waals surface area contributed by atoms with Gasteiger partial charge in [0.2, 0.25) is 11.8 Å². The molecule has 0 saturated heterocycles. The molecule has 0 aliphatic carbocycles. The number of carbonyl (C=O) groups is 3. The number of carboxylic acids is 1. The summed E-state index contributed by atoms with van der Waals surface area (Å²) in [6, 6.07) is 6.02. The highest BCUT2D eigenvalue weighted by atomic mass is 35.5. The topological polar surface area (TPSA) is 86.7 Å². The normalized spacial score (nSPS) is 11.9. The van der Waals surface area contributed by atoms with Crippen LogP contribution in [0.5, 0.6) is 0 Å². The smallest absolute Gasteiger partial charge is 0.323 e. The van der Waals surface area contributed by atoms with Gasteiger partial charge in [0.1, 0.15) is 6.54 Å². The van der Waals surface area contributed by atoms with Crippen LogP contribution in [0.15, 0.2) is 24.3 Å². The second-order valence-corrected chi connectivity index (χ2v) is 5.95. The lowest BCUT2D eigenvalue weighted by atomic mass is 10.0. The first-order valence-electron chi connectivity index (χ1n) is 7.24. The van der Waals surface area contributed by atoms with Crippen molar-refractivity contribution in [2.75, 3.05) is 6.54 Å². The van der Waals surface area contributed by atoms with Gasteiger partial charge in [0.25, 0.3) is 0 Å². The highest BCUT2D eigenvalue weighted by Crippen LogP contribution is 2.21. The average Bonchev–Trinajstić information content (AvgIpc) is 2.43. The summed E-state index contributed by atoms with van der Waals surface area (Å²) >= 11 is 5.85. The van der Waals surface area contributed by atoms with Crippen LogP contribution in [-0.2, 0) is 14.4 Å². The zero-order chi connectivity index (χ0) is 17.6. The molecule has 0 fully saturated rings. The van der Waals surface area contributed by atoms with Gasteiger partial charge in [-0.1, -0.05) is 23.7 Å². The molecule has 0 aromatic heterocycles. The maximum Gasteiger partial charge on any atom is 0.323 e. The predicted octanol–water partition coefficient (Wildman–Crippen LogP) is 2.23. The van der Waals surface area contributed by atoms with Crippen LogP contribution in [0.2, 0.25) is 5.02 Å². The van der Waals surface area contributed by atoms with Crippen LogP contribution in [-0.4, -0.2) is 40.4 Å². The molecule has 0 heterocycles. The zero-order valence-corrected chi connectivity index (χ0v) is 14.1. The average molecular weight is 341 g/mol. The van der Waals surface area contributed by atoms with E-state index in [1.165, 1.54) is 11.8 Å². The summed E-state index contributed by atoms with van der Waals surface area (Å²) in [5.41, 5.74) is 0.733. The van der Waals surface area contributed by atoms with E-state index in [0.29, 0.717) is 5.02 Å². The Balaban J connectivity index is 2.95. The lowest BCUT2D eigenvalue weighted by Crippen LogP contribution is -2.42. The Morgan fingerprint density at radius 1 is 1.22 bits per heavy atom. The maximum absolute atomic E-state index is 12.4. The molecule has 1 aromatic carbocycles. The fourth-order valence-electron chi connectivity index (χ4n) is 2.19. The van der Waals surface area contributed by atoms with Gasteiger partial charge in [-0.2, -0.15) is 0 Å². The molecule has 23 heavy (non-hydrogen) atoms. The van der Waals surface area contributed by atoms with Gasteiger partial charge < -0.3 is 15.3 Å². The Kier molecular flexibility index (Phi) is 7.03. The molecule has 6 nitrogen and oxygen atoms in total. The number of carboxylic acid groups (broad SMARTS) is 1. The van der Waals surface area contributed by atoms with E-state index in [4.69, 9.17) is 16.7 Å². The van der Waals surface area contributed by atoms with Crippen molar-refractivity contribution in [1.29, 1.82) is 0 Å². The summed E-state index contributed by atoms with van der Waals surface area (Å²) in [4.78, 5) is 36.0. The van der Waals surface area contributed by atoms with E-state index in [9.17, 15) is 14.4 Å². The van der Waals surface area contributed by atoms with Crippen LogP contribution in [0.4, 0.5) is 0 Å². The first kappa shape index (κ1) is 19.0. The number of hydrogen-bond donors (Lipinski definition) is 2. The second-order valence-electron chi connectivity index (χ2n) is 5.52. The molecule has 126 valence electrons. The number of halogens is 1. The molecule has 1 rings (SSSR count). The largest absolute Gasteiger partial charge is 0.480 e. The van der Waals surface area contributed by atoms with Gasteiger partial charge in [-0.05, 0) is 31.5 Å². The molecular formula is C16H21ClN2O4. The number of rotatable bonds is 7. The molecule has 0 aliphatic heterocycles. The minimum atomic E-state index is -1.07. The molecule has 1 atom stereocenters. The van der Waals surface area contributed by atoms with Crippen LogP contribution in [0.3, 0.4) is 0 Å². The number of amides is 2. The number of carbonyl (C=O) groups excluding carboxylic acids is 2. The Morgan fingerprint density at radius 3 is 2.22 bits per heavy atom. The van der Waals surface area contributed by atoms with E-state index in [-0.39, 0.29) is 30.8 Å². The number of nitrogens with zero attached hydrogens (tertiary/aromatic N) is 1. The zero-order valence-electron chi connectivity index (χ0n) is 13.4. The molecular weight excluding hydrogens is 320 g/mol. The van der Waals surface area contributed by atoms with Gasteiger partial charge in [-0.25, -0.2) is 0 Å². The van der Waals surface area contributed by atoms with Crippen molar-refractivity contribution in [3.8, 4) is 0 Å². The summed E-state index contributed by atoms with van der Waals surface area (Å²) in [5.74, 6) is -1.68. The third-order valence-corrected chi connectivity index (χ3v) is 3.53. The van der Waals surface area contributed by atoms with Gasteiger partial charge in [0.15, 0.2) is 0 Å². The minimum absolute atomic E-state index is 0.0212. The summed E-state index contributed by atoms with van der Waals surface area (Å²) in [6.45, 7) is 4.49. The SMILES string of the molecule is CC(=O)NC(CC(=O)N(CC(=O)O)C(C)C)c1ccc(Cl)cc1. The minimum Gasteiger partial charge on any atom is -0.480 e. The van der Waals surface area contributed by atoms with E-state index in [1.807, 2.05) is 0 Å². The van der Waals surface area contributed by atoms with E-state index in [2.05, 4.69) is 5.32 Å². The van der Waals surface area contributed by atoms with Crippen LogP contribution in [0.25, 0.3) is 0 Å². The molecule has 1 unspecified atom stereocenters. The van der Waals surface area contributed by atoms with Crippen molar-refractivity contribution in [2.24, 2.45) is 0 Å². The fraction of sp³-hybridized carbons (Fsp3) is 0.438. The second kappa shape index (κ2) is 8.53. The third-order valence-electron chi connectivity index (χ3n) is 3.28. The van der Waals surface area contributed by atoms with E-state index < -0.39 is 12.0 Å². The molecule has 0 saturated carbocycles. The molecule has 2 amide bonds. The quantitative estimate of drug-likeness (QED) is 0.796. The summed E-state index contributed by atoms with van der Waals surface area (Å²) in [5, 5.41) is 12.2. The highest BCUT2D eigenvalue weighted by molar-refractivity contribution is 6.30. The van der Waals surface area contributed by atoms with Gasteiger partial charge in [0.05, 0.1) is 12.5 Å². The monoisotopic (exact) mass is 340 g/mol. The Hall–Kier alpha value is -2.08. The Bertz CT molecular complexity index is 572. The van der Waals surface area contributed by atoms with E-state index >= 15 is 0 Å². The lowest BCUT2D eigenvalue weighted by Gasteiger charge is -2.27. The molecule has 0 spiro atoms. The number of nitrogens with one attached hydrogen (secondary N) is 1. The predicted molar refractivity (Wildman–Crippen MR) is 87.1 cm³/mol. The highest BCUT2D eigenvalue weighted by Gasteiger charge is 2.24. The van der Waals surface area contributed by atoms with Crippen molar-refractivity contribution < 1.29 is 19.5 Å². The van der Waals surface area contributed by atoms with Crippen molar-refractivity contribution >= 4 is 29.4 Å². The van der Waals surface area contributed by atoms with E-state index in [0.717, 1.165) is 5.56 Å². The molecule has 0 aliphatic rings. The lowest BCUT2D eigenvalue weighted by molar-refractivity contribution is -0.146. The standard InChI is InChI=1S/C16H21ClN2O4/c1-10(2)19(9-16(22)23)15(21)8-14(18-11(3)20)12-4-6-13(17)7-5-12/h4-7,10,14H,8-9H2,1-3H3,(H,18,20)(H,22,23). The molecule has 1 aromatic rings. The first-order valence-corrected chi connectivity index (χ1v) is 7.62. The van der Waals surface area contributed by atoms with Crippen LogP contribution >= 0.6 is 11.6 Å². The van der Waals surface area contributed by atoms with E-state index in [1.54, 1.807) is 38.1 Å². The maximum atomic E-state index is 12.4. The summed E-state index contributed by atoms with van der Waals surface area (Å²) in [6.07, 6.45) is -0.0212. The number of aliphatic carboxylic acids is 1.